The lowest BCUT2D eigenvalue weighted by molar-refractivity contribution is -0.570. The summed E-state index contributed by atoms with van der Waals surface area (Å²) >= 11 is 5.83. The molecule has 1 aromatic heterocycles. The highest BCUT2D eigenvalue weighted by molar-refractivity contribution is 6.28. The zero-order chi connectivity index (χ0) is 22.3. The van der Waals surface area contributed by atoms with Crippen LogP contribution in [0.2, 0.25) is 5.28 Å². The van der Waals surface area contributed by atoms with E-state index in [4.69, 9.17) is 22.7 Å². The van der Waals surface area contributed by atoms with Crippen LogP contribution in [-0.2, 0) is 16.0 Å². The van der Waals surface area contributed by atoms with Gasteiger partial charge in [0.25, 0.3) is 0 Å². The Labute approximate surface area is 182 Å². The number of nitrogen functional groups attached to an aromatic ring is 1. The smallest absolute Gasteiger partial charge is 0.305 e. The molecule has 9 nitrogen and oxygen atoms in total. The predicted molar refractivity (Wildman–Crippen MR) is 116 cm³/mol. The monoisotopic (exact) mass is 436 g/mol. The van der Waals surface area contributed by atoms with Crippen LogP contribution >= 0.6 is 11.6 Å². The molecular weight excluding hydrogens is 406 g/mol. The van der Waals surface area contributed by atoms with Crippen LogP contribution in [0, 0.1) is 18.3 Å². The van der Waals surface area contributed by atoms with Crippen LogP contribution in [0.4, 0.5) is 5.82 Å². The van der Waals surface area contributed by atoms with Gasteiger partial charge in [-0.15, -0.1) is 0 Å². The molecule has 1 saturated heterocycles. The van der Waals surface area contributed by atoms with E-state index >= 15 is 0 Å². The minimum absolute atomic E-state index is 0.0849. The Bertz CT molecular complexity index is 796. The molecule has 30 heavy (non-hydrogen) atoms. The fourth-order valence-corrected chi connectivity index (χ4v) is 3.91. The van der Waals surface area contributed by atoms with Crippen molar-refractivity contribution in [1.29, 1.82) is 5.41 Å². The number of nitrogens with zero attached hydrogens (tertiary/aromatic N) is 3. The zero-order valence-electron chi connectivity index (χ0n) is 17.7. The van der Waals surface area contributed by atoms with E-state index in [1.165, 1.54) is 6.08 Å². The van der Waals surface area contributed by atoms with E-state index in [2.05, 4.69) is 15.3 Å². The van der Waals surface area contributed by atoms with E-state index < -0.39 is 6.04 Å². The Morgan fingerprint density at radius 3 is 2.63 bits per heavy atom. The van der Waals surface area contributed by atoms with E-state index in [9.17, 15) is 9.59 Å². The molecule has 2 rings (SSSR count). The maximum absolute atomic E-state index is 12.7. The Kier molecular flexibility index (Phi) is 8.73. The minimum Gasteiger partial charge on any atom is -0.383 e. The van der Waals surface area contributed by atoms with Gasteiger partial charge < -0.3 is 26.7 Å². The quantitative estimate of drug-likeness (QED) is 0.265. The Morgan fingerprint density at radius 2 is 2.07 bits per heavy atom. The number of quaternary nitrogens is 1. The molecule has 6 N–H and O–H groups in total. The summed E-state index contributed by atoms with van der Waals surface area (Å²) in [7, 11) is 1.72. The third-order valence-electron chi connectivity index (χ3n) is 5.50. The fraction of sp³-hybridized carbons (Fsp3) is 0.550. The van der Waals surface area contributed by atoms with Crippen LogP contribution in [0.1, 0.15) is 37.4 Å². The third-order valence-corrected chi connectivity index (χ3v) is 5.67. The summed E-state index contributed by atoms with van der Waals surface area (Å²) in [4.78, 5) is 34.9. The molecule has 2 amide bonds. The molecule has 10 heteroatoms. The van der Waals surface area contributed by atoms with E-state index in [0.29, 0.717) is 30.5 Å². The van der Waals surface area contributed by atoms with Crippen molar-refractivity contribution in [2.24, 2.45) is 5.92 Å². The average Bonchev–Trinajstić information content (AvgIpc) is 2.70. The van der Waals surface area contributed by atoms with Crippen molar-refractivity contribution in [3.8, 4) is 0 Å². The number of hydrogen-bond donors (Lipinski definition) is 4. The highest BCUT2D eigenvalue weighted by Crippen LogP contribution is 2.25. The molecule has 0 saturated carbocycles. The first kappa shape index (κ1) is 23.8. The van der Waals surface area contributed by atoms with Crippen LogP contribution in [0.5, 0.6) is 0 Å². The number of carbonyl (C=O) groups excluding carboxylic acids is 2. The first-order valence-electron chi connectivity index (χ1n) is 10.1. The van der Waals surface area contributed by atoms with Crippen LogP contribution in [-0.4, -0.2) is 59.1 Å². The number of likely N-dealkylation sites (N-methyl/N-ethyl adjacent to an activating group) is 1. The van der Waals surface area contributed by atoms with Crippen LogP contribution in [0.25, 0.3) is 0 Å². The number of aromatic nitrogens is 2. The van der Waals surface area contributed by atoms with E-state index in [1.807, 2.05) is 11.8 Å². The molecule has 0 radical (unpaired) electrons. The second kappa shape index (κ2) is 11.0. The zero-order valence-corrected chi connectivity index (χ0v) is 18.5. The average molecular weight is 437 g/mol. The number of nitrogens with two attached hydrogens (primary N) is 2. The standard InChI is InChI=1S/C20H30ClN7O2/c1-12-15(17(23)27-20(21)26-12)5-4-14-7-10-28(11-8-14)19(30)13(2)25-18(29)16(24-3)6-9-22/h6,9,13-14,22,24H,4-5,7-8,10-11H2,1-3H3,(H,25,29)(H2,23,26,27)/p+1. The number of aryl methyl sites for hydroxylation is 1. The van der Waals surface area contributed by atoms with Gasteiger partial charge in [0.2, 0.25) is 11.2 Å². The highest BCUT2D eigenvalue weighted by Gasteiger charge is 2.28. The van der Waals surface area contributed by atoms with Gasteiger partial charge in [0.15, 0.2) is 5.70 Å². The number of rotatable bonds is 8. The summed E-state index contributed by atoms with van der Waals surface area (Å²) < 4.78 is 0. The number of hydrogen-bond acceptors (Lipinski definition) is 6. The van der Waals surface area contributed by atoms with Crippen molar-refractivity contribution < 1.29 is 14.9 Å². The summed E-state index contributed by atoms with van der Waals surface area (Å²) in [5, 5.41) is 11.6. The number of halogens is 1. The third kappa shape index (κ3) is 6.24. The second-order valence-corrected chi connectivity index (χ2v) is 7.86. The molecule has 0 spiro atoms. The number of allylic oxidation sites excluding steroid dienone is 1. The molecule has 1 fully saturated rings. The van der Waals surface area contributed by atoms with Gasteiger partial charge in [-0.2, -0.15) is 0 Å². The van der Waals surface area contributed by atoms with Crippen LogP contribution in [0.3, 0.4) is 0 Å². The molecular formula is C20H31ClN7O2+. The number of piperidine rings is 1. The molecule has 1 aliphatic rings. The van der Waals surface area contributed by atoms with Crippen molar-refractivity contribution >= 4 is 35.4 Å². The molecule has 0 aromatic carbocycles. The van der Waals surface area contributed by atoms with Gasteiger partial charge in [0, 0.05) is 36.6 Å². The summed E-state index contributed by atoms with van der Waals surface area (Å²) in [6, 6.07) is -0.614. The van der Waals surface area contributed by atoms with Gasteiger partial charge >= 0.3 is 5.91 Å². The largest absolute Gasteiger partial charge is 0.383 e. The summed E-state index contributed by atoms with van der Waals surface area (Å²) in [5.74, 6) is 0.490. The van der Waals surface area contributed by atoms with E-state index in [-0.39, 0.29) is 17.1 Å². The summed E-state index contributed by atoms with van der Waals surface area (Å²) in [5.41, 5.74) is 8.10. The van der Waals surface area contributed by atoms with Gasteiger partial charge in [0.05, 0.1) is 7.05 Å². The molecule has 1 aliphatic heterocycles. The van der Waals surface area contributed by atoms with Gasteiger partial charge in [-0.3, -0.25) is 9.59 Å². The topological polar surface area (TPSA) is 142 Å². The lowest BCUT2D eigenvalue weighted by Crippen LogP contribution is -2.80. The van der Waals surface area contributed by atoms with E-state index in [1.54, 1.807) is 19.3 Å². The van der Waals surface area contributed by atoms with Gasteiger partial charge in [-0.1, -0.05) is 0 Å². The molecule has 0 bridgehead atoms. The Balaban J connectivity index is 1.83. The molecule has 1 unspecified atom stereocenters. The van der Waals surface area contributed by atoms with Crippen molar-refractivity contribution in [2.45, 2.75) is 45.6 Å². The Morgan fingerprint density at radius 1 is 1.40 bits per heavy atom. The molecule has 1 atom stereocenters. The normalized spacial score (nSPS) is 16.3. The Hall–Kier alpha value is -2.52. The lowest BCUT2D eigenvalue weighted by atomic mass is 9.90. The van der Waals surface area contributed by atoms with Gasteiger partial charge in [-0.05, 0) is 57.0 Å². The molecule has 2 heterocycles. The number of nitrogens with one attached hydrogen (secondary N) is 2. The molecule has 1 aromatic rings. The van der Waals surface area contributed by atoms with Crippen molar-refractivity contribution in [3.63, 3.8) is 0 Å². The van der Waals surface area contributed by atoms with Gasteiger partial charge in [0.1, 0.15) is 11.9 Å². The number of anilines is 1. The van der Waals surface area contributed by atoms with Crippen LogP contribution < -0.4 is 16.4 Å². The number of carbonyl (C=O) groups is 2. The number of likely N-dealkylation sites (tertiary alicyclic amines) is 1. The minimum atomic E-state index is -0.614. The van der Waals surface area contributed by atoms with Crippen molar-refractivity contribution in [2.75, 3.05) is 25.9 Å². The molecule has 0 aliphatic carbocycles. The SMILES string of the molecule is C[NH2+]C(=CC=N)C(=O)NC(C)C(=O)N1CCC(CCc2c(C)nc(Cl)nc2N)CC1. The van der Waals surface area contributed by atoms with Gasteiger partial charge in [-0.25, -0.2) is 9.97 Å². The first-order chi connectivity index (χ1) is 14.3. The summed E-state index contributed by atoms with van der Waals surface area (Å²) in [6.45, 7) is 4.90. The number of amides is 2. The predicted octanol–water partition coefficient (Wildman–Crippen LogP) is 0.423. The lowest BCUT2D eigenvalue weighted by Gasteiger charge is -2.33. The highest BCUT2D eigenvalue weighted by atomic mass is 35.5. The van der Waals surface area contributed by atoms with Crippen molar-refractivity contribution in [1.82, 2.24) is 20.2 Å². The van der Waals surface area contributed by atoms with Crippen molar-refractivity contribution in [3.05, 3.63) is 28.3 Å². The second-order valence-electron chi connectivity index (χ2n) is 7.52. The maximum Gasteiger partial charge on any atom is 0.305 e. The van der Waals surface area contributed by atoms with Crippen LogP contribution in [0.15, 0.2) is 11.8 Å². The maximum atomic E-state index is 12.7. The first-order valence-corrected chi connectivity index (χ1v) is 10.5. The van der Waals surface area contributed by atoms with E-state index in [0.717, 1.165) is 43.2 Å². The fourth-order valence-electron chi connectivity index (χ4n) is 3.69. The summed E-state index contributed by atoms with van der Waals surface area (Å²) in [6.07, 6.45) is 6.00. The molecule has 164 valence electrons.